The monoisotopic (exact) mass is 504 g/mol. The molecule has 2 atom stereocenters. The van der Waals surface area contributed by atoms with Gasteiger partial charge in [-0.1, -0.05) is 140 Å². The summed E-state index contributed by atoms with van der Waals surface area (Å²) in [5, 5.41) is 1.68. The lowest BCUT2D eigenvalue weighted by molar-refractivity contribution is -0.252. The van der Waals surface area contributed by atoms with Gasteiger partial charge in [-0.3, -0.25) is 0 Å². The molecule has 6 nitrogen and oxygen atoms in total. The van der Waals surface area contributed by atoms with Gasteiger partial charge >= 0.3 is 5.97 Å². The van der Waals surface area contributed by atoms with Gasteiger partial charge in [0.25, 0.3) is 0 Å². The van der Waals surface area contributed by atoms with Crippen molar-refractivity contribution < 1.29 is 19.2 Å². The Morgan fingerprint density at radius 2 is 1.39 bits per heavy atom. The van der Waals surface area contributed by atoms with E-state index >= 15 is 0 Å². The number of benzene rings is 1. The van der Waals surface area contributed by atoms with E-state index in [1.807, 2.05) is 30.3 Å². The molecule has 36 heavy (non-hydrogen) atoms. The molecule has 1 fully saturated rings. The fourth-order valence-electron chi connectivity index (χ4n) is 5.06. The van der Waals surface area contributed by atoms with Crippen molar-refractivity contribution in [2.24, 2.45) is 5.90 Å². The van der Waals surface area contributed by atoms with Crippen LogP contribution in [0.4, 0.5) is 0 Å². The molecule has 1 aromatic carbocycles. The highest BCUT2D eigenvalue weighted by Crippen LogP contribution is 2.22. The van der Waals surface area contributed by atoms with E-state index in [4.69, 9.17) is 20.3 Å². The number of morpholine rings is 1. The van der Waals surface area contributed by atoms with Crippen molar-refractivity contribution in [1.29, 1.82) is 0 Å². The van der Waals surface area contributed by atoms with Crippen LogP contribution in [0.25, 0.3) is 0 Å². The largest absolute Gasteiger partial charge is 0.459 e. The van der Waals surface area contributed by atoms with E-state index in [0.29, 0.717) is 13.2 Å². The zero-order chi connectivity index (χ0) is 25.7. The summed E-state index contributed by atoms with van der Waals surface area (Å²) in [6.07, 6.45) is 21.6. The predicted molar refractivity (Wildman–Crippen MR) is 146 cm³/mol. The smallest absolute Gasteiger partial charge is 0.337 e. The second-order valence-corrected chi connectivity index (χ2v) is 10.3. The van der Waals surface area contributed by atoms with Crippen LogP contribution in [0.2, 0.25) is 0 Å². The first kappa shape index (κ1) is 30.8. The summed E-state index contributed by atoms with van der Waals surface area (Å²) in [5.74, 6) is 5.16. The molecule has 0 spiro atoms. The molecule has 1 saturated heterocycles. The Labute approximate surface area is 220 Å². The second-order valence-electron chi connectivity index (χ2n) is 10.3. The highest BCUT2D eigenvalue weighted by molar-refractivity contribution is 5.75. The van der Waals surface area contributed by atoms with Crippen LogP contribution in [-0.2, 0) is 25.8 Å². The lowest BCUT2D eigenvalue weighted by Gasteiger charge is -2.37. The van der Waals surface area contributed by atoms with Crippen molar-refractivity contribution >= 4 is 5.97 Å². The number of nitrogens with zero attached hydrogens (tertiary/aromatic N) is 1. The first-order chi connectivity index (χ1) is 17.8. The maximum atomic E-state index is 12.7. The van der Waals surface area contributed by atoms with Crippen LogP contribution in [0.3, 0.4) is 0 Å². The first-order valence-corrected chi connectivity index (χ1v) is 14.7. The van der Waals surface area contributed by atoms with Crippen molar-refractivity contribution in [2.75, 3.05) is 13.2 Å². The summed E-state index contributed by atoms with van der Waals surface area (Å²) >= 11 is 0. The molecule has 0 radical (unpaired) electrons. The van der Waals surface area contributed by atoms with Crippen LogP contribution < -0.4 is 5.90 Å². The molecule has 6 heteroatoms. The van der Waals surface area contributed by atoms with E-state index in [2.05, 4.69) is 6.92 Å². The van der Waals surface area contributed by atoms with Crippen LogP contribution in [0.1, 0.15) is 122 Å². The van der Waals surface area contributed by atoms with Gasteiger partial charge in [0, 0.05) is 6.54 Å². The average molecular weight is 505 g/mol. The van der Waals surface area contributed by atoms with Gasteiger partial charge in [0.1, 0.15) is 6.61 Å². The minimum absolute atomic E-state index is 0.210. The van der Waals surface area contributed by atoms with E-state index in [9.17, 15) is 4.79 Å². The SMILES string of the molecule is CCCCCCCCCCCCCCCCCCC1C(C(=O)OCc2ccccc2)OCCN1ON. The van der Waals surface area contributed by atoms with Gasteiger partial charge in [-0.05, 0) is 12.0 Å². The lowest BCUT2D eigenvalue weighted by Crippen LogP contribution is -2.55. The standard InChI is InChI=1S/C30H52N2O4/c1-2-3-4-5-6-7-8-9-10-11-12-13-14-15-16-20-23-28-29(34-25-24-32(28)36-31)30(33)35-26-27-21-18-17-19-22-27/h17-19,21-22,28-29H,2-16,20,23-26,31H2,1H3. The molecule has 206 valence electrons. The number of carbonyl (C=O) groups is 1. The maximum absolute atomic E-state index is 12.7. The molecule has 1 aliphatic heterocycles. The number of carbonyl (C=O) groups excluding carboxylic acids is 1. The summed E-state index contributed by atoms with van der Waals surface area (Å²) < 4.78 is 11.3. The Morgan fingerprint density at radius 3 is 1.92 bits per heavy atom. The molecule has 0 bridgehead atoms. The molecule has 2 rings (SSSR count). The Bertz CT molecular complexity index is 658. The predicted octanol–water partition coefficient (Wildman–Crippen LogP) is 7.26. The van der Waals surface area contributed by atoms with E-state index in [0.717, 1.165) is 24.8 Å². The normalized spacial score (nSPS) is 18.4. The van der Waals surface area contributed by atoms with Gasteiger partial charge in [0.15, 0.2) is 6.10 Å². The van der Waals surface area contributed by atoms with Crippen LogP contribution in [-0.4, -0.2) is 36.3 Å². The minimum Gasteiger partial charge on any atom is -0.459 e. The van der Waals surface area contributed by atoms with Gasteiger partial charge in [-0.15, -0.1) is 0 Å². The first-order valence-electron chi connectivity index (χ1n) is 14.7. The third-order valence-electron chi connectivity index (χ3n) is 7.27. The molecule has 1 aromatic rings. The maximum Gasteiger partial charge on any atom is 0.337 e. The lowest BCUT2D eigenvalue weighted by atomic mass is 9.99. The molecule has 1 heterocycles. The zero-order valence-electron chi connectivity index (χ0n) is 22.8. The highest BCUT2D eigenvalue weighted by atomic mass is 16.8. The Morgan fingerprint density at radius 1 is 0.861 bits per heavy atom. The van der Waals surface area contributed by atoms with Crippen molar-refractivity contribution in [3.05, 3.63) is 35.9 Å². The molecule has 1 aliphatic rings. The third-order valence-corrected chi connectivity index (χ3v) is 7.27. The van der Waals surface area contributed by atoms with Gasteiger partial charge in [-0.25, -0.2) is 9.73 Å². The van der Waals surface area contributed by atoms with E-state index in [1.54, 1.807) is 5.06 Å². The van der Waals surface area contributed by atoms with Crippen LogP contribution in [0.15, 0.2) is 30.3 Å². The van der Waals surface area contributed by atoms with Gasteiger partial charge in [-0.2, -0.15) is 11.0 Å². The number of esters is 1. The summed E-state index contributed by atoms with van der Waals surface area (Å²) in [5.41, 5.74) is 0.961. The molecule has 0 saturated carbocycles. The van der Waals surface area contributed by atoms with Gasteiger partial charge in [0.2, 0.25) is 0 Å². The average Bonchev–Trinajstić information content (AvgIpc) is 2.92. The second kappa shape index (κ2) is 20.6. The van der Waals surface area contributed by atoms with Crippen LogP contribution >= 0.6 is 0 Å². The molecule has 2 unspecified atom stereocenters. The number of hydrogen-bond donors (Lipinski definition) is 1. The fourth-order valence-corrected chi connectivity index (χ4v) is 5.06. The zero-order valence-corrected chi connectivity index (χ0v) is 22.8. The van der Waals surface area contributed by atoms with Crippen LogP contribution in [0.5, 0.6) is 0 Å². The summed E-state index contributed by atoms with van der Waals surface area (Å²) in [6.45, 7) is 3.48. The Hall–Kier alpha value is -1.47. The number of hydrogen-bond acceptors (Lipinski definition) is 6. The quantitative estimate of drug-likeness (QED) is 0.108. The molecule has 0 aliphatic carbocycles. The van der Waals surface area contributed by atoms with E-state index < -0.39 is 6.10 Å². The van der Waals surface area contributed by atoms with E-state index in [1.165, 1.54) is 89.9 Å². The third kappa shape index (κ3) is 13.2. The van der Waals surface area contributed by atoms with Crippen molar-refractivity contribution in [1.82, 2.24) is 5.06 Å². The summed E-state index contributed by atoms with van der Waals surface area (Å²) in [4.78, 5) is 17.8. The van der Waals surface area contributed by atoms with Crippen molar-refractivity contribution in [3.63, 3.8) is 0 Å². The topological polar surface area (TPSA) is 74.0 Å². The fraction of sp³-hybridized carbons (Fsp3) is 0.767. The van der Waals surface area contributed by atoms with Gasteiger partial charge < -0.3 is 9.47 Å². The molecular formula is C30H52N2O4. The number of unbranched alkanes of at least 4 members (excludes halogenated alkanes) is 15. The van der Waals surface area contributed by atoms with E-state index in [-0.39, 0.29) is 18.6 Å². The van der Waals surface area contributed by atoms with Gasteiger partial charge in [0.05, 0.1) is 12.6 Å². The van der Waals surface area contributed by atoms with Crippen molar-refractivity contribution in [3.8, 4) is 0 Å². The molecule has 0 aromatic heterocycles. The number of hydroxylamine groups is 2. The number of ether oxygens (including phenoxy) is 2. The molecule has 2 N–H and O–H groups in total. The molecular weight excluding hydrogens is 452 g/mol. The summed E-state index contributed by atoms with van der Waals surface area (Å²) in [6, 6.07) is 9.49. The molecule has 0 amide bonds. The minimum atomic E-state index is -0.664. The highest BCUT2D eigenvalue weighted by Gasteiger charge is 2.38. The summed E-state index contributed by atoms with van der Waals surface area (Å²) in [7, 11) is 0. The number of rotatable bonds is 21. The Kier molecular flexibility index (Phi) is 17.6. The van der Waals surface area contributed by atoms with Crippen molar-refractivity contribution in [2.45, 2.75) is 135 Å². The Balaban J connectivity index is 1.52. The number of nitrogens with two attached hydrogens (primary N) is 1. The van der Waals surface area contributed by atoms with Crippen LogP contribution in [0, 0.1) is 0 Å².